The van der Waals surface area contributed by atoms with Gasteiger partial charge in [0, 0.05) is 11.6 Å². The summed E-state index contributed by atoms with van der Waals surface area (Å²) in [6.45, 7) is 0. The van der Waals surface area contributed by atoms with Gasteiger partial charge in [0.15, 0.2) is 11.6 Å². The van der Waals surface area contributed by atoms with E-state index in [4.69, 9.17) is 4.74 Å². The van der Waals surface area contributed by atoms with E-state index in [1.807, 2.05) is 0 Å². The molecule has 0 spiro atoms. The van der Waals surface area contributed by atoms with Crippen molar-refractivity contribution in [1.82, 2.24) is 0 Å². The largest absolute Gasteiger partial charge is 0.505 e. The molecule has 0 aliphatic carbocycles. The topological polar surface area (TPSA) is 29.5 Å². The molecule has 0 amide bonds. The third kappa shape index (κ3) is 2.20. The van der Waals surface area contributed by atoms with Crippen molar-refractivity contribution in [2.24, 2.45) is 0 Å². The van der Waals surface area contributed by atoms with Gasteiger partial charge < -0.3 is 9.84 Å². The van der Waals surface area contributed by atoms with Gasteiger partial charge in [-0.3, -0.25) is 0 Å². The second-order valence-corrected chi connectivity index (χ2v) is 3.52. The maximum Gasteiger partial charge on any atom is 0.172 e. The van der Waals surface area contributed by atoms with E-state index in [-0.39, 0.29) is 5.56 Å². The van der Waals surface area contributed by atoms with E-state index in [1.54, 1.807) is 0 Å². The van der Waals surface area contributed by atoms with Gasteiger partial charge in [0.25, 0.3) is 0 Å². The van der Waals surface area contributed by atoms with Gasteiger partial charge in [0.05, 0.1) is 7.11 Å². The Kier molecular flexibility index (Phi) is 2.95. The summed E-state index contributed by atoms with van der Waals surface area (Å²) in [4.78, 5) is 0. The van der Waals surface area contributed by atoms with E-state index >= 15 is 0 Å². The second-order valence-electron chi connectivity index (χ2n) is 3.52. The predicted molar refractivity (Wildman–Crippen MR) is 60.0 cm³/mol. The van der Waals surface area contributed by atoms with E-state index in [1.165, 1.54) is 43.5 Å². The molecule has 0 bridgehead atoms. The van der Waals surface area contributed by atoms with Crippen LogP contribution in [-0.2, 0) is 0 Å². The zero-order valence-electron chi connectivity index (χ0n) is 9.08. The fourth-order valence-corrected chi connectivity index (χ4v) is 1.58. The van der Waals surface area contributed by atoms with E-state index < -0.39 is 17.4 Å². The molecular weight excluding hydrogens is 226 g/mol. The van der Waals surface area contributed by atoms with E-state index in [9.17, 15) is 13.9 Å². The van der Waals surface area contributed by atoms with Gasteiger partial charge >= 0.3 is 0 Å². The minimum absolute atomic E-state index is 0.128. The van der Waals surface area contributed by atoms with E-state index in [0.717, 1.165) is 0 Å². The third-order valence-corrected chi connectivity index (χ3v) is 2.40. The number of hydrogen-bond acceptors (Lipinski definition) is 2. The molecule has 2 nitrogen and oxygen atoms in total. The smallest absolute Gasteiger partial charge is 0.172 e. The number of halogens is 2. The van der Waals surface area contributed by atoms with Crippen molar-refractivity contribution >= 4 is 0 Å². The van der Waals surface area contributed by atoms with Gasteiger partial charge in [-0.05, 0) is 23.8 Å². The van der Waals surface area contributed by atoms with Crippen LogP contribution < -0.4 is 4.74 Å². The first-order valence-electron chi connectivity index (χ1n) is 4.94. The molecule has 0 radical (unpaired) electrons. The summed E-state index contributed by atoms with van der Waals surface area (Å²) in [7, 11) is 1.40. The molecule has 2 rings (SSSR count). The van der Waals surface area contributed by atoms with Crippen molar-refractivity contribution in [2.45, 2.75) is 0 Å². The van der Waals surface area contributed by atoms with Crippen LogP contribution in [-0.4, -0.2) is 12.2 Å². The molecule has 2 aromatic carbocycles. The average Bonchev–Trinajstić information content (AvgIpc) is 2.31. The summed E-state index contributed by atoms with van der Waals surface area (Å²) in [5.41, 5.74) is 0.443. The Morgan fingerprint density at radius 1 is 1.12 bits per heavy atom. The first-order chi connectivity index (χ1) is 8.11. The number of aromatic hydroxyl groups is 1. The molecule has 0 atom stereocenters. The van der Waals surface area contributed by atoms with Gasteiger partial charge in [-0.25, -0.2) is 8.78 Å². The standard InChI is InChI=1S/C13H10F2O2/c1-17-10-6-8(5-9(14)7-10)11-3-2-4-12(16)13(11)15/h2-7,16H,1H3. The van der Waals surface area contributed by atoms with Gasteiger partial charge in [0.2, 0.25) is 0 Å². The Morgan fingerprint density at radius 2 is 1.88 bits per heavy atom. The molecule has 0 saturated heterocycles. The van der Waals surface area contributed by atoms with Crippen LogP contribution in [0.5, 0.6) is 11.5 Å². The Hall–Kier alpha value is -2.10. The highest BCUT2D eigenvalue weighted by atomic mass is 19.1. The second kappa shape index (κ2) is 4.41. The van der Waals surface area contributed by atoms with Gasteiger partial charge in [0.1, 0.15) is 11.6 Å². The molecule has 0 aromatic heterocycles. The highest BCUT2D eigenvalue weighted by molar-refractivity contribution is 5.67. The van der Waals surface area contributed by atoms with Gasteiger partial charge in [-0.2, -0.15) is 0 Å². The summed E-state index contributed by atoms with van der Waals surface area (Å²) in [6, 6.07) is 8.06. The molecular formula is C13H10F2O2. The van der Waals surface area contributed by atoms with Crippen molar-refractivity contribution in [2.75, 3.05) is 7.11 Å². The number of phenols is 1. The summed E-state index contributed by atoms with van der Waals surface area (Å²) < 4.78 is 31.8. The first-order valence-corrected chi connectivity index (χ1v) is 4.94. The first kappa shape index (κ1) is 11.4. The monoisotopic (exact) mass is 236 g/mol. The number of methoxy groups -OCH3 is 1. The van der Waals surface area contributed by atoms with Crippen LogP contribution in [0.4, 0.5) is 8.78 Å². The zero-order valence-corrected chi connectivity index (χ0v) is 9.08. The molecule has 0 aliphatic heterocycles. The van der Waals surface area contributed by atoms with Crippen LogP contribution in [0.2, 0.25) is 0 Å². The fraction of sp³-hybridized carbons (Fsp3) is 0.0769. The van der Waals surface area contributed by atoms with Crippen molar-refractivity contribution in [1.29, 1.82) is 0 Å². The number of ether oxygens (including phenoxy) is 1. The van der Waals surface area contributed by atoms with Gasteiger partial charge in [-0.1, -0.05) is 12.1 Å². The lowest BCUT2D eigenvalue weighted by molar-refractivity contribution is 0.411. The highest BCUT2D eigenvalue weighted by Crippen LogP contribution is 2.31. The summed E-state index contributed by atoms with van der Waals surface area (Å²) in [5.74, 6) is -1.48. The Bertz CT molecular complexity index is 553. The molecule has 0 unspecified atom stereocenters. The van der Waals surface area contributed by atoms with Crippen LogP contribution in [0, 0.1) is 11.6 Å². The lowest BCUT2D eigenvalue weighted by Crippen LogP contribution is -1.89. The van der Waals surface area contributed by atoms with E-state index in [2.05, 4.69) is 0 Å². The number of rotatable bonds is 2. The molecule has 88 valence electrons. The summed E-state index contributed by atoms with van der Waals surface area (Å²) >= 11 is 0. The summed E-state index contributed by atoms with van der Waals surface area (Å²) in [6.07, 6.45) is 0. The zero-order chi connectivity index (χ0) is 12.4. The van der Waals surface area contributed by atoms with Crippen LogP contribution in [0.3, 0.4) is 0 Å². The van der Waals surface area contributed by atoms with Crippen molar-refractivity contribution in [3.05, 3.63) is 48.0 Å². The molecule has 0 aliphatic rings. The fourth-order valence-electron chi connectivity index (χ4n) is 1.58. The molecule has 0 saturated carbocycles. The maximum absolute atomic E-state index is 13.6. The lowest BCUT2D eigenvalue weighted by atomic mass is 10.0. The third-order valence-electron chi connectivity index (χ3n) is 2.40. The van der Waals surface area contributed by atoms with Crippen LogP contribution >= 0.6 is 0 Å². The van der Waals surface area contributed by atoms with Crippen molar-refractivity contribution in [3.63, 3.8) is 0 Å². The normalized spacial score (nSPS) is 10.3. The average molecular weight is 236 g/mol. The molecule has 17 heavy (non-hydrogen) atoms. The van der Waals surface area contributed by atoms with Crippen LogP contribution in [0.25, 0.3) is 11.1 Å². The number of phenolic OH excluding ortho intramolecular Hbond substituents is 1. The molecule has 0 fully saturated rings. The molecule has 1 N–H and O–H groups in total. The number of benzene rings is 2. The SMILES string of the molecule is COc1cc(F)cc(-c2cccc(O)c2F)c1. The minimum atomic E-state index is -0.778. The highest BCUT2D eigenvalue weighted by Gasteiger charge is 2.11. The molecule has 0 heterocycles. The van der Waals surface area contributed by atoms with Crippen molar-refractivity contribution in [3.8, 4) is 22.6 Å². The van der Waals surface area contributed by atoms with E-state index in [0.29, 0.717) is 11.3 Å². The maximum atomic E-state index is 13.6. The van der Waals surface area contributed by atoms with Crippen LogP contribution in [0.15, 0.2) is 36.4 Å². The van der Waals surface area contributed by atoms with Crippen molar-refractivity contribution < 1.29 is 18.6 Å². The number of hydrogen-bond donors (Lipinski definition) is 1. The Balaban J connectivity index is 2.60. The predicted octanol–water partition coefficient (Wildman–Crippen LogP) is 3.35. The minimum Gasteiger partial charge on any atom is -0.505 e. The van der Waals surface area contributed by atoms with Gasteiger partial charge in [-0.15, -0.1) is 0 Å². The Morgan fingerprint density at radius 3 is 2.59 bits per heavy atom. The quantitative estimate of drug-likeness (QED) is 0.866. The molecule has 4 heteroatoms. The summed E-state index contributed by atoms with van der Waals surface area (Å²) in [5, 5.41) is 9.26. The van der Waals surface area contributed by atoms with Crippen LogP contribution in [0.1, 0.15) is 0 Å². The molecule has 2 aromatic rings. The lowest BCUT2D eigenvalue weighted by Gasteiger charge is -2.07. The Labute approximate surface area is 97.1 Å².